The first-order chi connectivity index (χ1) is 12.8. The normalized spacial score (nSPS) is 22.6. The molecule has 1 fully saturated rings. The summed E-state index contributed by atoms with van der Waals surface area (Å²) in [7, 11) is 0. The van der Waals surface area contributed by atoms with Gasteiger partial charge >= 0.3 is 6.03 Å². The van der Waals surface area contributed by atoms with Crippen LogP contribution in [0.2, 0.25) is 0 Å². The van der Waals surface area contributed by atoms with E-state index in [1.807, 2.05) is 19.9 Å². The molecule has 0 aromatic carbocycles. The van der Waals surface area contributed by atoms with Crippen molar-refractivity contribution in [3.05, 3.63) is 17.5 Å². The molecule has 0 bridgehead atoms. The first-order valence-corrected chi connectivity index (χ1v) is 10.3. The fraction of sp³-hybridized carbons (Fsp3) is 0.611. The Morgan fingerprint density at radius 1 is 1.26 bits per heavy atom. The van der Waals surface area contributed by atoms with Crippen molar-refractivity contribution in [2.75, 3.05) is 5.75 Å². The maximum absolute atomic E-state index is 12.1. The van der Waals surface area contributed by atoms with Crippen LogP contribution in [0.1, 0.15) is 44.5 Å². The van der Waals surface area contributed by atoms with Gasteiger partial charge in [0.25, 0.3) is 5.78 Å². The minimum absolute atomic E-state index is 0.0684. The van der Waals surface area contributed by atoms with E-state index in [9.17, 15) is 9.59 Å². The van der Waals surface area contributed by atoms with E-state index in [0.717, 1.165) is 24.2 Å². The predicted molar refractivity (Wildman–Crippen MR) is 104 cm³/mol. The van der Waals surface area contributed by atoms with E-state index in [2.05, 4.69) is 39.5 Å². The highest BCUT2D eigenvalue weighted by molar-refractivity contribution is 7.99. The Labute approximate surface area is 162 Å². The lowest BCUT2D eigenvalue weighted by atomic mass is 9.78. The van der Waals surface area contributed by atoms with Crippen LogP contribution in [-0.4, -0.2) is 43.3 Å². The van der Waals surface area contributed by atoms with Gasteiger partial charge in [0.1, 0.15) is 0 Å². The maximum Gasteiger partial charge on any atom is 0.321 e. The number of rotatable bonds is 4. The Morgan fingerprint density at radius 2 is 2.04 bits per heavy atom. The molecule has 0 unspecified atom stereocenters. The van der Waals surface area contributed by atoms with Crippen LogP contribution in [-0.2, 0) is 4.79 Å². The molecule has 2 heterocycles. The molecule has 0 aliphatic heterocycles. The molecule has 1 aliphatic rings. The molecule has 0 spiro atoms. The Hall–Kier alpha value is -2.16. The summed E-state index contributed by atoms with van der Waals surface area (Å²) in [4.78, 5) is 32.8. The molecule has 1 saturated carbocycles. The summed E-state index contributed by atoms with van der Waals surface area (Å²) in [6, 6.07) is 1.61. The number of imide groups is 1. The van der Waals surface area contributed by atoms with Crippen LogP contribution < -0.4 is 10.6 Å². The number of hydrogen-bond acceptors (Lipinski definition) is 6. The van der Waals surface area contributed by atoms with Crippen LogP contribution in [0.15, 0.2) is 11.2 Å². The Bertz CT molecular complexity index is 852. The van der Waals surface area contributed by atoms with Crippen LogP contribution in [0.3, 0.4) is 0 Å². The summed E-state index contributed by atoms with van der Waals surface area (Å²) >= 11 is 1.18. The van der Waals surface area contributed by atoms with Gasteiger partial charge in [-0.3, -0.25) is 10.1 Å². The average molecular weight is 391 g/mol. The summed E-state index contributed by atoms with van der Waals surface area (Å²) in [5, 5.41) is 10.1. The number of hydrogen-bond donors (Lipinski definition) is 2. The van der Waals surface area contributed by atoms with E-state index in [1.165, 1.54) is 18.2 Å². The first kappa shape index (κ1) is 19.6. The van der Waals surface area contributed by atoms with Crippen LogP contribution in [0.4, 0.5) is 4.79 Å². The quantitative estimate of drug-likeness (QED) is 0.778. The van der Waals surface area contributed by atoms with Crippen LogP contribution >= 0.6 is 11.8 Å². The number of aryl methyl sites for hydroxylation is 2. The number of thioether (sulfide) groups is 1. The molecule has 2 aromatic heterocycles. The van der Waals surface area contributed by atoms with Gasteiger partial charge in [-0.05, 0) is 38.2 Å². The highest BCUT2D eigenvalue weighted by atomic mass is 32.2. The second-order valence-electron chi connectivity index (χ2n) is 7.33. The third kappa shape index (κ3) is 4.77. The second-order valence-corrected chi connectivity index (χ2v) is 8.27. The predicted octanol–water partition coefficient (Wildman–Crippen LogP) is 2.48. The fourth-order valence-electron chi connectivity index (χ4n) is 3.49. The molecule has 2 N–H and O–H groups in total. The number of nitrogens with zero attached hydrogens (tertiary/aromatic N) is 4. The number of carbonyl (C=O) groups excluding carboxylic acids is 2. The summed E-state index contributed by atoms with van der Waals surface area (Å²) in [5.74, 6) is 1.20. The number of amides is 3. The molecule has 146 valence electrons. The third-order valence-corrected chi connectivity index (χ3v) is 6.05. The van der Waals surface area contributed by atoms with Gasteiger partial charge in [-0.2, -0.15) is 4.98 Å². The first-order valence-electron chi connectivity index (χ1n) is 9.27. The fourth-order valence-corrected chi connectivity index (χ4v) is 4.11. The van der Waals surface area contributed by atoms with Crippen molar-refractivity contribution in [1.29, 1.82) is 0 Å². The van der Waals surface area contributed by atoms with Gasteiger partial charge in [-0.25, -0.2) is 14.3 Å². The van der Waals surface area contributed by atoms with Gasteiger partial charge in [0, 0.05) is 17.4 Å². The van der Waals surface area contributed by atoms with E-state index in [0.29, 0.717) is 22.8 Å². The molecular weight excluding hydrogens is 364 g/mol. The Balaban J connectivity index is 1.51. The van der Waals surface area contributed by atoms with Crippen molar-refractivity contribution in [2.45, 2.75) is 58.2 Å². The molecule has 3 amide bonds. The van der Waals surface area contributed by atoms with Gasteiger partial charge < -0.3 is 5.32 Å². The molecule has 9 heteroatoms. The average Bonchev–Trinajstić information content (AvgIpc) is 3.00. The summed E-state index contributed by atoms with van der Waals surface area (Å²) in [5.41, 5.74) is 1.79. The van der Waals surface area contributed by atoms with Gasteiger partial charge in [-0.1, -0.05) is 38.5 Å². The Kier molecular flexibility index (Phi) is 5.98. The highest BCUT2D eigenvalue weighted by Gasteiger charge is 2.28. The smallest absolute Gasteiger partial charge is 0.321 e. The van der Waals surface area contributed by atoms with Gasteiger partial charge in [0.15, 0.2) is 0 Å². The number of urea groups is 1. The topological polar surface area (TPSA) is 101 Å². The van der Waals surface area contributed by atoms with E-state index < -0.39 is 6.03 Å². The standard InChI is InChI=1S/C18H26N6O2S/c1-10-6-5-7-14(13(10)4)20-17(26)21-15(25)9-27-18-22-16-19-11(2)8-12(3)24(16)23-18/h8,10,13-14H,5-7,9H2,1-4H3,(H2,20,21,25,26)/t10-,13-,14+/m0/s1. The lowest BCUT2D eigenvalue weighted by Gasteiger charge is -2.34. The molecule has 27 heavy (non-hydrogen) atoms. The van der Waals surface area contributed by atoms with Crippen LogP contribution in [0.25, 0.3) is 5.78 Å². The van der Waals surface area contributed by atoms with Crippen molar-refractivity contribution < 1.29 is 9.59 Å². The van der Waals surface area contributed by atoms with Gasteiger partial charge in [0.2, 0.25) is 11.1 Å². The molecule has 1 aliphatic carbocycles. The van der Waals surface area contributed by atoms with Crippen LogP contribution in [0.5, 0.6) is 0 Å². The SMILES string of the molecule is Cc1cc(C)n2nc(SCC(=O)NC(=O)N[C@@H]3CCC[C@H](C)[C@@H]3C)nc2n1. The number of carbonyl (C=O) groups is 2. The molecule has 8 nitrogen and oxygen atoms in total. The van der Waals surface area contributed by atoms with Crippen LogP contribution in [0, 0.1) is 25.7 Å². The summed E-state index contributed by atoms with van der Waals surface area (Å²) < 4.78 is 1.64. The second kappa shape index (κ2) is 8.24. The summed E-state index contributed by atoms with van der Waals surface area (Å²) in [6.07, 6.45) is 3.25. The van der Waals surface area contributed by atoms with E-state index >= 15 is 0 Å². The summed E-state index contributed by atoms with van der Waals surface area (Å²) in [6.45, 7) is 8.18. The van der Waals surface area contributed by atoms with Crippen molar-refractivity contribution in [3.8, 4) is 0 Å². The zero-order valence-corrected chi connectivity index (χ0v) is 17.0. The monoisotopic (exact) mass is 390 g/mol. The number of fused-ring (bicyclic) bond motifs is 1. The minimum atomic E-state index is -0.428. The molecular formula is C18H26N6O2S. The van der Waals surface area contributed by atoms with Crippen molar-refractivity contribution in [2.24, 2.45) is 11.8 Å². The molecule has 2 aromatic rings. The third-order valence-electron chi connectivity index (χ3n) is 5.21. The van der Waals surface area contributed by atoms with Crippen molar-refractivity contribution in [1.82, 2.24) is 30.2 Å². The van der Waals surface area contributed by atoms with Crippen molar-refractivity contribution in [3.63, 3.8) is 0 Å². The molecule has 3 atom stereocenters. The zero-order valence-electron chi connectivity index (χ0n) is 16.2. The highest BCUT2D eigenvalue weighted by Crippen LogP contribution is 2.29. The van der Waals surface area contributed by atoms with E-state index in [4.69, 9.17) is 0 Å². The number of aromatic nitrogens is 4. The molecule has 3 rings (SSSR count). The Morgan fingerprint density at radius 3 is 2.81 bits per heavy atom. The zero-order chi connectivity index (χ0) is 19.6. The lowest BCUT2D eigenvalue weighted by molar-refractivity contribution is -0.117. The molecule has 0 radical (unpaired) electrons. The van der Waals surface area contributed by atoms with E-state index in [1.54, 1.807) is 4.52 Å². The minimum Gasteiger partial charge on any atom is -0.335 e. The number of nitrogens with one attached hydrogen (secondary N) is 2. The largest absolute Gasteiger partial charge is 0.335 e. The van der Waals surface area contributed by atoms with E-state index in [-0.39, 0.29) is 17.7 Å². The molecule has 0 saturated heterocycles. The van der Waals surface area contributed by atoms with Gasteiger partial charge in [0.05, 0.1) is 5.75 Å². The van der Waals surface area contributed by atoms with Crippen molar-refractivity contribution >= 4 is 29.5 Å². The maximum atomic E-state index is 12.1. The van der Waals surface area contributed by atoms with Gasteiger partial charge in [-0.15, -0.1) is 5.10 Å². The lowest BCUT2D eigenvalue weighted by Crippen LogP contribution is -2.49.